The fraction of sp³-hybridized carbons (Fsp3) is 0.174. The maximum Gasteiger partial charge on any atom is 0.264 e. The average molecular weight is 509 g/mol. The highest BCUT2D eigenvalue weighted by Crippen LogP contribution is 2.26. The predicted octanol–water partition coefficient (Wildman–Crippen LogP) is 5.41. The number of nitrogens with one attached hydrogen (secondary N) is 1. The quantitative estimate of drug-likeness (QED) is 0.310. The molecule has 0 spiro atoms. The number of carbonyl (C=O) groups is 1. The third-order valence-electron chi connectivity index (χ3n) is 4.50. The SMILES string of the molecule is Cc1ccc(S(=O)(=O)N(CC(=O)NCCSc2ccc(Cl)cc2)c2cccc(Cl)c2)cc1. The molecule has 0 saturated heterocycles. The maximum absolute atomic E-state index is 13.3. The Morgan fingerprint density at radius 2 is 1.66 bits per heavy atom. The fourth-order valence-electron chi connectivity index (χ4n) is 2.86. The first-order valence-electron chi connectivity index (χ1n) is 9.76. The first-order valence-corrected chi connectivity index (χ1v) is 12.9. The summed E-state index contributed by atoms with van der Waals surface area (Å²) in [5.74, 6) is 0.229. The summed E-state index contributed by atoms with van der Waals surface area (Å²) in [6, 6.07) is 20.4. The Bertz CT molecular complexity index is 1170. The Labute approximate surface area is 202 Å². The molecule has 9 heteroatoms. The molecule has 1 N–H and O–H groups in total. The Hall–Kier alpha value is -2.19. The van der Waals surface area contributed by atoms with Crippen molar-refractivity contribution in [1.29, 1.82) is 0 Å². The number of anilines is 1. The van der Waals surface area contributed by atoms with Gasteiger partial charge in [0, 0.05) is 27.2 Å². The second-order valence-corrected chi connectivity index (χ2v) is 10.9. The standard InChI is InChI=1S/C23H22Cl2N2O3S2/c1-17-5-11-22(12-6-17)32(29,30)27(20-4-2-3-19(25)15-20)16-23(28)26-13-14-31-21-9-7-18(24)8-10-21/h2-12,15H,13-14,16H2,1H3,(H,26,28). The van der Waals surface area contributed by atoms with Crippen LogP contribution in [0.2, 0.25) is 10.0 Å². The van der Waals surface area contributed by atoms with Crippen molar-refractivity contribution in [2.75, 3.05) is 23.1 Å². The van der Waals surface area contributed by atoms with E-state index >= 15 is 0 Å². The zero-order chi connectivity index (χ0) is 23.1. The molecule has 0 aliphatic rings. The number of halogens is 2. The molecule has 0 fully saturated rings. The van der Waals surface area contributed by atoms with E-state index in [1.807, 2.05) is 19.1 Å². The van der Waals surface area contributed by atoms with E-state index in [4.69, 9.17) is 23.2 Å². The van der Waals surface area contributed by atoms with E-state index in [0.29, 0.717) is 28.0 Å². The van der Waals surface area contributed by atoms with Crippen molar-refractivity contribution in [3.05, 3.63) is 88.4 Å². The van der Waals surface area contributed by atoms with Crippen LogP contribution < -0.4 is 9.62 Å². The molecule has 32 heavy (non-hydrogen) atoms. The molecule has 1 amide bonds. The minimum absolute atomic E-state index is 0.106. The molecule has 0 unspecified atom stereocenters. The number of sulfonamides is 1. The molecule has 3 aromatic carbocycles. The third kappa shape index (κ3) is 6.65. The highest BCUT2D eigenvalue weighted by atomic mass is 35.5. The number of thioether (sulfide) groups is 1. The molecule has 3 rings (SSSR count). The number of carbonyl (C=O) groups excluding carboxylic acids is 1. The summed E-state index contributed by atoms with van der Waals surface area (Å²) < 4.78 is 27.7. The van der Waals surface area contributed by atoms with Crippen LogP contribution in [0.25, 0.3) is 0 Å². The van der Waals surface area contributed by atoms with E-state index in [0.717, 1.165) is 14.8 Å². The Morgan fingerprint density at radius 3 is 2.31 bits per heavy atom. The number of rotatable bonds is 9. The largest absolute Gasteiger partial charge is 0.354 e. The second-order valence-electron chi connectivity index (χ2n) is 6.96. The molecule has 0 aliphatic heterocycles. The van der Waals surface area contributed by atoms with Gasteiger partial charge in [0.1, 0.15) is 6.54 Å². The molecule has 3 aromatic rings. The van der Waals surface area contributed by atoms with Gasteiger partial charge in [-0.3, -0.25) is 9.10 Å². The number of hydrogen-bond donors (Lipinski definition) is 1. The smallest absolute Gasteiger partial charge is 0.264 e. The van der Waals surface area contributed by atoms with Crippen molar-refractivity contribution >= 4 is 56.6 Å². The number of hydrogen-bond acceptors (Lipinski definition) is 4. The van der Waals surface area contributed by atoms with Gasteiger partial charge in [0.05, 0.1) is 10.6 Å². The molecule has 0 aliphatic carbocycles. The number of aryl methyl sites for hydroxylation is 1. The van der Waals surface area contributed by atoms with Crippen LogP contribution in [0, 0.1) is 6.92 Å². The number of benzene rings is 3. The van der Waals surface area contributed by atoms with Crippen LogP contribution in [0.3, 0.4) is 0 Å². The Morgan fingerprint density at radius 1 is 0.969 bits per heavy atom. The summed E-state index contributed by atoms with van der Waals surface area (Å²) in [6.07, 6.45) is 0. The van der Waals surface area contributed by atoms with Crippen LogP contribution in [-0.4, -0.2) is 33.2 Å². The lowest BCUT2D eigenvalue weighted by atomic mass is 10.2. The molecule has 5 nitrogen and oxygen atoms in total. The monoisotopic (exact) mass is 508 g/mol. The molecule has 0 bridgehead atoms. The first kappa shape index (κ1) is 24.5. The third-order valence-corrected chi connectivity index (χ3v) is 7.79. The topological polar surface area (TPSA) is 66.5 Å². The highest BCUT2D eigenvalue weighted by molar-refractivity contribution is 7.99. The van der Waals surface area contributed by atoms with Crippen LogP contribution in [0.15, 0.2) is 82.6 Å². The summed E-state index contributed by atoms with van der Waals surface area (Å²) in [6.45, 7) is 1.91. The van der Waals surface area contributed by atoms with E-state index in [2.05, 4.69) is 5.32 Å². The van der Waals surface area contributed by atoms with E-state index in [-0.39, 0.29) is 11.4 Å². The van der Waals surface area contributed by atoms with E-state index < -0.39 is 15.9 Å². The molecule has 168 valence electrons. The van der Waals surface area contributed by atoms with Gasteiger partial charge in [-0.25, -0.2) is 8.42 Å². The maximum atomic E-state index is 13.3. The van der Waals surface area contributed by atoms with Gasteiger partial charge in [-0.2, -0.15) is 0 Å². The van der Waals surface area contributed by atoms with Gasteiger partial charge in [0.2, 0.25) is 5.91 Å². The molecule has 0 aromatic heterocycles. The summed E-state index contributed by atoms with van der Waals surface area (Å²) >= 11 is 13.5. The van der Waals surface area contributed by atoms with Gasteiger partial charge in [0.25, 0.3) is 10.0 Å². The summed E-state index contributed by atoms with van der Waals surface area (Å²) in [5.41, 5.74) is 1.26. The van der Waals surface area contributed by atoms with Gasteiger partial charge in [-0.15, -0.1) is 11.8 Å². The van der Waals surface area contributed by atoms with Crippen LogP contribution in [0.1, 0.15) is 5.56 Å². The minimum Gasteiger partial charge on any atom is -0.354 e. The van der Waals surface area contributed by atoms with Crippen molar-refractivity contribution in [3.63, 3.8) is 0 Å². The molecular weight excluding hydrogens is 487 g/mol. The van der Waals surface area contributed by atoms with Crippen LogP contribution in [0.4, 0.5) is 5.69 Å². The van der Waals surface area contributed by atoms with Crippen molar-refractivity contribution < 1.29 is 13.2 Å². The Balaban J connectivity index is 1.70. The van der Waals surface area contributed by atoms with Crippen LogP contribution in [0.5, 0.6) is 0 Å². The van der Waals surface area contributed by atoms with Gasteiger partial charge in [-0.05, 0) is 61.5 Å². The van der Waals surface area contributed by atoms with Crippen LogP contribution >= 0.6 is 35.0 Å². The molecular formula is C23H22Cl2N2O3S2. The van der Waals surface area contributed by atoms with E-state index in [1.165, 1.54) is 18.2 Å². The normalized spacial score (nSPS) is 11.2. The van der Waals surface area contributed by atoms with Crippen LogP contribution in [-0.2, 0) is 14.8 Å². The zero-order valence-electron chi connectivity index (χ0n) is 17.3. The fourth-order valence-corrected chi connectivity index (χ4v) is 5.35. The van der Waals surface area contributed by atoms with Gasteiger partial charge >= 0.3 is 0 Å². The minimum atomic E-state index is -3.96. The Kier molecular flexibility index (Phi) is 8.48. The zero-order valence-corrected chi connectivity index (χ0v) is 20.4. The predicted molar refractivity (Wildman–Crippen MR) is 132 cm³/mol. The second kappa shape index (κ2) is 11.1. The average Bonchev–Trinajstić information content (AvgIpc) is 2.76. The van der Waals surface area contributed by atoms with Gasteiger partial charge in [0.15, 0.2) is 0 Å². The number of amides is 1. The van der Waals surface area contributed by atoms with Crippen molar-refractivity contribution in [2.45, 2.75) is 16.7 Å². The lowest BCUT2D eigenvalue weighted by Crippen LogP contribution is -2.41. The van der Waals surface area contributed by atoms with Gasteiger partial charge < -0.3 is 5.32 Å². The van der Waals surface area contributed by atoms with E-state index in [9.17, 15) is 13.2 Å². The van der Waals surface area contributed by atoms with Crippen molar-refractivity contribution in [2.24, 2.45) is 0 Å². The lowest BCUT2D eigenvalue weighted by molar-refractivity contribution is -0.119. The molecule has 0 saturated carbocycles. The summed E-state index contributed by atoms with van der Waals surface area (Å²) in [4.78, 5) is 13.8. The van der Waals surface area contributed by atoms with E-state index in [1.54, 1.807) is 54.2 Å². The molecule has 0 atom stereocenters. The summed E-state index contributed by atoms with van der Waals surface area (Å²) in [7, 11) is -3.96. The van der Waals surface area contributed by atoms with Crippen molar-refractivity contribution in [3.8, 4) is 0 Å². The molecule has 0 radical (unpaired) electrons. The highest BCUT2D eigenvalue weighted by Gasteiger charge is 2.27. The summed E-state index contributed by atoms with van der Waals surface area (Å²) in [5, 5.41) is 3.83. The van der Waals surface area contributed by atoms with Crippen molar-refractivity contribution in [1.82, 2.24) is 5.32 Å². The van der Waals surface area contributed by atoms with Gasteiger partial charge in [-0.1, -0.05) is 47.0 Å². The first-order chi connectivity index (χ1) is 15.3. The lowest BCUT2D eigenvalue weighted by Gasteiger charge is -2.24. The molecule has 0 heterocycles. The number of nitrogens with zero attached hydrogens (tertiary/aromatic N) is 1.